The smallest absolute Gasteiger partial charge is 0.254 e. The number of hydrogen-bond donors (Lipinski definition) is 1. The van der Waals surface area contributed by atoms with E-state index in [1.807, 2.05) is 6.66 Å². The number of carbonyl (C=O) groups is 1. The first-order valence-corrected chi connectivity index (χ1v) is 4.68. The van der Waals surface area contributed by atoms with E-state index in [2.05, 4.69) is 18.2 Å². The van der Waals surface area contributed by atoms with Crippen LogP contribution in [0.5, 0.6) is 0 Å². The lowest BCUT2D eigenvalue weighted by Gasteiger charge is -2.00. The van der Waals surface area contributed by atoms with E-state index in [-0.39, 0.29) is 5.91 Å². The van der Waals surface area contributed by atoms with Crippen LogP contribution in [0.2, 0.25) is 0 Å². The molecule has 0 aromatic rings. The lowest BCUT2D eigenvalue weighted by Crippen LogP contribution is -2.14. The second kappa shape index (κ2) is 5.87. The van der Waals surface area contributed by atoms with Crippen LogP contribution in [0.1, 0.15) is 0 Å². The predicted octanol–water partition coefficient (Wildman–Crippen LogP) is 1.62. The highest BCUT2D eigenvalue weighted by molar-refractivity contribution is 7.35. The fourth-order valence-electron chi connectivity index (χ4n) is 0.549. The van der Waals surface area contributed by atoms with Gasteiger partial charge in [0, 0.05) is 5.57 Å². The molecular formula is C8H12NOP. The average Bonchev–Trinajstić information content (AvgIpc) is 2.00. The third kappa shape index (κ3) is 3.74. The number of nitrogens with one attached hydrogen (secondary N) is 1. The van der Waals surface area contributed by atoms with Crippen molar-refractivity contribution in [2.75, 3.05) is 6.66 Å². The molecule has 3 heteroatoms. The summed E-state index contributed by atoms with van der Waals surface area (Å²) in [6.45, 7) is 8.89. The van der Waals surface area contributed by atoms with Crippen LogP contribution in [0.3, 0.4) is 0 Å². The van der Waals surface area contributed by atoms with E-state index in [9.17, 15) is 4.79 Å². The van der Waals surface area contributed by atoms with Crippen molar-refractivity contribution in [3.05, 3.63) is 37.0 Å². The molecule has 1 amide bonds. The van der Waals surface area contributed by atoms with Crippen molar-refractivity contribution in [2.45, 2.75) is 0 Å². The fraction of sp³-hybridized carbons (Fsp3) is 0.125. The number of rotatable bonds is 4. The van der Waals surface area contributed by atoms with E-state index >= 15 is 0 Å². The summed E-state index contributed by atoms with van der Waals surface area (Å²) in [4.78, 5) is 11.1. The van der Waals surface area contributed by atoms with Gasteiger partial charge in [-0.1, -0.05) is 31.4 Å². The minimum Gasteiger partial charge on any atom is -0.334 e. The third-order valence-corrected chi connectivity index (χ3v) is 1.50. The summed E-state index contributed by atoms with van der Waals surface area (Å²) in [5.74, 6) is -0.0965. The Hall–Kier alpha value is -0.880. The number of allylic oxidation sites excluding steroid dienone is 2. The van der Waals surface area contributed by atoms with Gasteiger partial charge in [0.25, 0.3) is 5.91 Å². The summed E-state index contributed by atoms with van der Waals surface area (Å²) in [6, 6.07) is 0. The highest BCUT2D eigenvalue weighted by Crippen LogP contribution is 2.01. The molecule has 0 aromatic heterocycles. The molecule has 0 radical (unpaired) electrons. The zero-order valence-corrected chi connectivity index (χ0v) is 7.55. The summed E-state index contributed by atoms with van der Waals surface area (Å²) < 4.78 is 0. The van der Waals surface area contributed by atoms with E-state index in [1.54, 1.807) is 12.2 Å². The Morgan fingerprint density at radius 3 is 2.55 bits per heavy atom. The van der Waals surface area contributed by atoms with Gasteiger partial charge in [-0.2, -0.15) is 0 Å². The maximum absolute atomic E-state index is 11.1. The molecule has 0 aliphatic rings. The number of hydrogen-bond acceptors (Lipinski definition) is 1. The maximum Gasteiger partial charge on any atom is 0.254 e. The van der Waals surface area contributed by atoms with E-state index in [0.29, 0.717) is 14.3 Å². The van der Waals surface area contributed by atoms with Crippen molar-refractivity contribution in [3.8, 4) is 0 Å². The summed E-state index contributed by atoms with van der Waals surface area (Å²) in [7, 11) is 0.416. The van der Waals surface area contributed by atoms with Gasteiger partial charge < -0.3 is 5.09 Å². The molecule has 0 saturated carbocycles. The van der Waals surface area contributed by atoms with Crippen molar-refractivity contribution in [1.82, 2.24) is 5.09 Å². The Balaban J connectivity index is 4.25. The molecule has 0 aromatic carbocycles. The largest absolute Gasteiger partial charge is 0.334 e. The Labute approximate surface area is 68.9 Å². The van der Waals surface area contributed by atoms with Crippen LogP contribution in [0.15, 0.2) is 37.0 Å². The normalized spacial score (nSPS) is 11.5. The molecule has 0 saturated heterocycles. The first-order valence-electron chi connectivity index (χ1n) is 3.18. The second-order valence-electron chi connectivity index (χ2n) is 1.77. The SMILES string of the molecule is C=C/C=C(\C=C)C(=O)NPC. The van der Waals surface area contributed by atoms with Crippen molar-refractivity contribution < 1.29 is 4.79 Å². The summed E-state index contributed by atoms with van der Waals surface area (Å²) in [5.41, 5.74) is 0.550. The summed E-state index contributed by atoms with van der Waals surface area (Å²) in [5, 5.41) is 2.68. The van der Waals surface area contributed by atoms with Gasteiger partial charge in [-0.15, -0.1) is 0 Å². The molecule has 0 spiro atoms. The molecule has 60 valence electrons. The molecule has 0 rings (SSSR count). The van der Waals surface area contributed by atoms with Gasteiger partial charge in [0.05, 0.1) is 0 Å². The van der Waals surface area contributed by atoms with E-state index < -0.39 is 0 Å². The first kappa shape index (κ1) is 10.1. The van der Waals surface area contributed by atoms with Crippen molar-refractivity contribution in [1.29, 1.82) is 0 Å². The summed E-state index contributed by atoms with van der Waals surface area (Å²) >= 11 is 0. The van der Waals surface area contributed by atoms with Crippen LogP contribution >= 0.6 is 8.73 Å². The monoisotopic (exact) mass is 169 g/mol. The Morgan fingerprint density at radius 1 is 1.55 bits per heavy atom. The van der Waals surface area contributed by atoms with Gasteiger partial charge in [-0.3, -0.25) is 4.79 Å². The van der Waals surface area contributed by atoms with Crippen LogP contribution in [-0.2, 0) is 4.79 Å². The van der Waals surface area contributed by atoms with Crippen molar-refractivity contribution in [2.24, 2.45) is 0 Å². The van der Waals surface area contributed by atoms with Gasteiger partial charge in [-0.05, 0) is 15.4 Å². The lowest BCUT2D eigenvalue weighted by atomic mass is 10.2. The van der Waals surface area contributed by atoms with Gasteiger partial charge in [-0.25, -0.2) is 0 Å². The summed E-state index contributed by atoms with van der Waals surface area (Å²) in [6.07, 6.45) is 4.70. The van der Waals surface area contributed by atoms with Crippen LogP contribution in [-0.4, -0.2) is 12.6 Å². The molecule has 0 aliphatic carbocycles. The zero-order chi connectivity index (χ0) is 8.69. The number of amides is 1. The Kier molecular flexibility index (Phi) is 5.40. The molecule has 1 atom stereocenters. The van der Waals surface area contributed by atoms with Crippen LogP contribution in [0, 0.1) is 0 Å². The Morgan fingerprint density at radius 2 is 2.18 bits per heavy atom. The average molecular weight is 169 g/mol. The molecule has 0 heterocycles. The van der Waals surface area contributed by atoms with E-state index in [1.165, 1.54) is 6.08 Å². The molecule has 0 bridgehead atoms. The molecule has 11 heavy (non-hydrogen) atoms. The molecule has 1 N–H and O–H groups in total. The standard InChI is InChI=1S/C8H12NOP/c1-4-6-7(5-2)8(10)9-11-3/h4-6,11H,1-2H2,3H3,(H,9,10)/b7-6+. The van der Waals surface area contributed by atoms with Gasteiger partial charge in [0.2, 0.25) is 0 Å². The van der Waals surface area contributed by atoms with Gasteiger partial charge in [0.15, 0.2) is 0 Å². The Bertz CT molecular complexity index is 196. The lowest BCUT2D eigenvalue weighted by molar-refractivity contribution is -0.115. The third-order valence-electron chi connectivity index (χ3n) is 1.02. The minimum absolute atomic E-state index is 0.0965. The molecule has 0 fully saturated rings. The van der Waals surface area contributed by atoms with Crippen molar-refractivity contribution >= 4 is 14.6 Å². The minimum atomic E-state index is -0.0965. The van der Waals surface area contributed by atoms with Gasteiger partial charge in [0.1, 0.15) is 0 Å². The van der Waals surface area contributed by atoms with Crippen molar-refractivity contribution in [3.63, 3.8) is 0 Å². The van der Waals surface area contributed by atoms with Gasteiger partial charge >= 0.3 is 0 Å². The zero-order valence-electron chi connectivity index (χ0n) is 6.55. The highest BCUT2D eigenvalue weighted by atomic mass is 31.1. The molecule has 0 aliphatic heterocycles. The van der Waals surface area contributed by atoms with Crippen LogP contribution in [0.25, 0.3) is 0 Å². The topological polar surface area (TPSA) is 29.1 Å². The fourth-order valence-corrected chi connectivity index (χ4v) is 0.920. The maximum atomic E-state index is 11.1. The number of carbonyl (C=O) groups excluding carboxylic acids is 1. The molecule has 2 nitrogen and oxygen atoms in total. The predicted molar refractivity (Wildman–Crippen MR) is 50.9 cm³/mol. The second-order valence-corrected chi connectivity index (χ2v) is 2.52. The van der Waals surface area contributed by atoms with Crippen LogP contribution in [0.4, 0.5) is 0 Å². The highest BCUT2D eigenvalue weighted by Gasteiger charge is 2.00. The quantitative estimate of drug-likeness (QED) is 0.386. The van der Waals surface area contributed by atoms with Crippen LogP contribution < -0.4 is 5.09 Å². The van der Waals surface area contributed by atoms with E-state index in [0.717, 1.165) is 0 Å². The molecular weight excluding hydrogens is 157 g/mol. The molecule has 1 unspecified atom stereocenters. The van der Waals surface area contributed by atoms with E-state index in [4.69, 9.17) is 0 Å². The first-order chi connectivity index (χ1) is 5.26.